The van der Waals surface area contributed by atoms with Gasteiger partial charge in [0, 0.05) is 13.1 Å². The molecule has 0 spiro atoms. The third-order valence-electron chi connectivity index (χ3n) is 4.12. The van der Waals surface area contributed by atoms with E-state index in [1.165, 1.54) is 6.42 Å². The first-order chi connectivity index (χ1) is 7.22. The third kappa shape index (κ3) is 2.25. The van der Waals surface area contributed by atoms with Crippen molar-refractivity contribution in [2.24, 2.45) is 11.8 Å². The first-order valence-electron chi connectivity index (χ1n) is 6.27. The summed E-state index contributed by atoms with van der Waals surface area (Å²) in [5.74, 6) is 1.60. The van der Waals surface area contributed by atoms with Crippen molar-refractivity contribution in [3.8, 4) is 0 Å². The SMILES string of the molecule is CCC(C)C1CN(C2C=CCCC2F)C1. The molecule has 1 saturated heterocycles. The first kappa shape index (κ1) is 11.1. The smallest absolute Gasteiger partial charge is 0.119 e. The molecule has 1 aliphatic heterocycles. The standard InChI is InChI=1S/C13H22FN/c1-3-10(2)11-8-15(9-11)13-7-5-4-6-12(13)14/h5,7,10-13H,3-4,6,8-9H2,1-2H3. The number of halogens is 1. The molecule has 1 nitrogen and oxygen atoms in total. The minimum Gasteiger partial charge on any atom is -0.293 e. The van der Waals surface area contributed by atoms with Gasteiger partial charge in [0.15, 0.2) is 0 Å². The molecule has 3 unspecified atom stereocenters. The molecule has 0 radical (unpaired) electrons. The molecule has 0 aromatic heterocycles. The van der Waals surface area contributed by atoms with Crippen LogP contribution in [0.15, 0.2) is 12.2 Å². The van der Waals surface area contributed by atoms with Gasteiger partial charge >= 0.3 is 0 Å². The van der Waals surface area contributed by atoms with E-state index in [4.69, 9.17) is 0 Å². The summed E-state index contributed by atoms with van der Waals surface area (Å²) in [5.41, 5.74) is 0. The van der Waals surface area contributed by atoms with Crippen molar-refractivity contribution < 1.29 is 4.39 Å². The number of nitrogens with zero attached hydrogens (tertiary/aromatic N) is 1. The molecule has 1 aliphatic carbocycles. The van der Waals surface area contributed by atoms with Crippen molar-refractivity contribution in [1.82, 2.24) is 4.90 Å². The average Bonchev–Trinajstić information content (AvgIpc) is 2.18. The average molecular weight is 211 g/mol. The molecule has 86 valence electrons. The van der Waals surface area contributed by atoms with Gasteiger partial charge in [0.05, 0.1) is 6.04 Å². The molecule has 2 rings (SSSR count). The molecule has 0 N–H and O–H groups in total. The van der Waals surface area contributed by atoms with Crippen molar-refractivity contribution in [3.05, 3.63) is 12.2 Å². The molecule has 2 heteroatoms. The van der Waals surface area contributed by atoms with Gasteiger partial charge in [-0.15, -0.1) is 0 Å². The van der Waals surface area contributed by atoms with Crippen molar-refractivity contribution in [3.63, 3.8) is 0 Å². The first-order valence-corrected chi connectivity index (χ1v) is 6.27. The highest BCUT2D eigenvalue weighted by atomic mass is 19.1. The van der Waals surface area contributed by atoms with Gasteiger partial charge in [-0.3, -0.25) is 4.90 Å². The summed E-state index contributed by atoms with van der Waals surface area (Å²) in [6.07, 6.45) is 6.45. The van der Waals surface area contributed by atoms with Gasteiger partial charge in [0.1, 0.15) is 6.17 Å². The lowest BCUT2D eigenvalue weighted by Gasteiger charge is -2.47. The van der Waals surface area contributed by atoms with Crippen LogP contribution in [0.3, 0.4) is 0 Å². The molecule has 0 bridgehead atoms. The minimum absolute atomic E-state index is 0.0825. The van der Waals surface area contributed by atoms with Gasteiger partial charge < -0.3 is 0 Å². The van der Waals surface area contributed by atoms with E-state index in [-0.39, 0.29) is 6.04 Å². The summed E-state index contributed by atoms with van der Waals surface area (Å²) in [5, 5.41) is 0. The largest absolute Gasteiger partial charge is 0.293 e. The zero-order valence-electron chi connectivity index (χ0n) is 9.82. The summed E-state index contributed by atoms with van der Waals surface area (Å²) in [6.45, 7) is 6.76. The fourth-order valence-corrected chi connectivity index (χ4v) is 2.62. The van der Waals surface area contributed by atoms with Gasteiger partial charge in [0.25, 0.3) is 0 Å². The molecule has 1 heterocycles. The van der Waals surface area contributed by atoms with E-state index in [9.17, 15) is 4.39 Å². The summed E-state index contributed by atoms with van der Waals surface area (Å²) < 4.78 is 13.6. The summed E-state index contributed by atoms with van der Waals surface area (Å²) in [4.78, 5) is 2.30. The second-order valence-electron chi connectivity index (χ2n) is 5.11. The maximum absolute atomic E-state index is 13.6. The van der Waals surface area contributed by atoms with Gasteiger partial charge in [0.2, 0.25) is 0 Å². The Morgan fingerprint density at radius 1 is 1.47 bits per heavy atom. The second kappa shape index (κ2) is 4.65. The number of likely N-dealkylation sites (tertiary alicyclic amines) is 1. The van der Waals surface area contributed by atoms with Crippen LogP contribution in [-0.2, 0) is 0 Å². The summed E-state index contributed by atoms with van der Waals surface area (Å²) in [7, 11) is 0. The normalized spacial score (nSPS) is 35.1. The van der Waals surface area contributed by atoms with Crippen molar-refractivity contribution in [2.45, 2.75) is 45.3 Å². The zero-order valence-corrected chi connectivity index (χ0v) is 9.82. The van der Waals surface area contributed by atoms with Crippen LogP contribution in [0.4, 0.5) is 4.39 Å². The van der Waals surface area contributed by atoms with Crippen LogP contribution in [0.1, 0.15) is 33.1 Å². The molecule has 0 aromatic carbocycles. The lowest BCUT2D eigenvalue weighted by Crippen LogP contribution is -2.56. The molecule has 0 amide bonds. The Kier molecular flexibility index (Phi) is 3.45. The lowest BCUT2D eigenvalue weighted by atomic mass is 9.83. The maximum Gasteiger partial charge on any atom is 0.119 e. The van der Waals surface area contributed by atoms with Crippen molar-refractivity contribution >= 4 is 0 Å². The van der Waals surface area contributed by atoms with Crippen molar-refractivity contribution in [1.29, 1.82) is 0 Å². The monoisotopic (exact) mass is 211 g/mol. The minimum atomic E-state index is -0.632. The molecule has 0 saturated carbocycles. The third-order valence-corrected chi connectivity index (χ3v) is 4.12. The van der Waals surface area contributed by atoms with Gasteiger partial charge in [-0.1, -0.05) is 32.4 Å². The van der Waals surface area contributed by atoms with E-state index >= 15 is 0 Å². The van der Waals surface area contributed by atoms with Crippen LogP contribution in [0.25, 0.3) is 0 Å². The molecule has 3 atom stereocenters. The van der Waals surface area contributed by atoms with Crippen LogP contribution in [0.2, 0.25) is 0 Å². The zero-order chi connectivity index (χ0) is 10.8. The van der Waals surface area contributed by atoms with E-state index in [0.29, 0.717) is 6.42 Å². The Morgan fingerprint density at radius 2 is 2.20 bits per heavy atom. The fraction of sp³-hybridized carbons (Fsp3) is 0.846. The Labute approximate surface area is 92.3 Å². The number of allylic oxidation sites excluding steroid dienone is 1. The molecule has 15 heavy (non-hydrogen) atoms. The molecule has 0 aromatic rings. The van der Waals surface area contributed by atoms with Crippen LogP contribution in [0, 0.1) is 11.8 Å². The molecule has 2 aliphatic rings. The topological polar surface area (TPSA) is 3.24 Å². The summed E-state index contributed by atoms with van der Waals surface area (Å²) in [6, 6.07) is 0.0825. The van der Waals surface area contributed by atoms with Gasteiger partial charge in [-0.05, 0) is 24.7 Å². The Bertz CT molecular complexity index is 233. The number of hydrogen-bond acceptors (Lipinski definition) is 1. The number of hydrogen-bond donors (Lipinski definition) is 0. The Balaban J connectivity index is 1.83. The van der Waals surface area contributed by atoms with Crippen LogP contribution in [-0.4, -0.2) is 30.2 Å². The predicted octanol–water partition coefficient (Wildman–Crippen LogP) is 3.02. The second-order valence-corrected chi connectivity index (χ2v) is 5.11. The van der Waals surface area contributed by atoms with Crippen LogP contribution in [0.5, 0.6) is 0 Å². The molecular formula is C13H22FN. The highest BCUT2D eigenvalue weighted by Crippen LogP contribution is 2.31. The fourth-order valence-electron chi connectivity index (χ4n) is 2.62. The van der Waals surface area contributed by atoms with E-state index in [2.05, 4.69) is 30.9 Å². The van der Waals surface area contributed by atoms with E-state index in [0.717, 1.165) is 31.3 Å². The van der Waals surface area contributed by atoms with Crippen molar-refractivity contribution in [2.75, 3.05) is 13.1 Å². The van der Waals surface area contributed by atoms with E-state index in [1.807, 2.05) is 0 Å². The van der Waals surface area contributed by atoms with E-state index < -0.39 is 6.17 Å². The Morgan fingerprint density at radius 3 is 2.80 bits per heavy atom. The highest BCUT2D eigenvalue weighted by Gasteiger charge is 2.37. The predicted molar refractivity (Wildman–Crippen MR) is 61.6 cm³/mol. The highest BCUT2D eigenvalue weighted by molar-refractivity contribution is 5.06. The van der Waals surface area contributed by atoms with Crippen LogP contribution < -0.4 is 0 Å². The quantitative estimate of drug-likeness (QED) is 0.649. The number of rotatable bonds is 3. The summed E-state index contributed by atoms with van der Waals surface area (Å²) >= 11 is 0. The van der Waals surface area contributed by atoms with Gasteiger partial charge in [-0.25, -0.2) is 4.39 Å². The van der Waals surface area contributed by atoms with E-state index in [1.54, 1.807) is 0 Å². The maximum atomic E-state index is 13.6. The van der Waals surface area contributed by atoms with Gasteiger partial charge in [-0.2, -0.15) is 0 Å². The number of alkyl halides is 1. The molecule has 1 fully saturated rings. The lowest BCUT2D eigenvalue weighted by molar-refractivity contribution is 0.00635. The van der Waals surface area contributed by atoms with Crippen LogP contribution >= 0.6 is 0 Å². The Hall–Kier alpha value is -0.370. The molecular weight excluding hydrogens is 189 g/mol.